The Hall–Kier alpha value is -1.39. The quantitative estimate of drug-likeness (QED) is 0.758. The maximum atomic E-state index is 11.8. The zero-order valence-corrected chi connectivity index (χ0v) is 11.4. The van der Waals surface area contributed by atoms with E-state index in [4.69, 9.17) is 0 Å². The zero-order chi connectivity index (χ0) is 13.7. The molecule has 3 N–H and O–H groups in total. The van der Waals surface area contributed by atoms with Crippen LogP contribution in [0.25, 0.3) is 0 Å². The molecule has 104 valence electrons. The van der Waals surface area contributed by atoms with E-state index in [0.717, 1.165) is 36.9 Å². The first-order valence-corrected chi connectivity index (χ1v) is 6.88. The molecule has 1 saturated carbocycles. The van der Waals surface area contributed by atoms with Crippen molar-refractivity contribution in [1.82, 2.24) is 5.32 Å². The van der Waals surface area contributed by atoms with Gasteiger partial charge < -0.3 is 15.7 Å². The van der Waals surface area contributed by atoms with Crippen molar-refractivity contribution >= 4 is 11.6 Å². The van der Waals surface area contributed by atoms with E-state index in [9.17, 15) is 9.90 Å². The molecule has 0 heterocycles. The second-order valence-corrected chi connectivity index (χ2v) is 5.40. The molecule has 0 aliphatic heterocycles. The Balaban J connectivity index is 1.74. The molecule has 1 aromatic carbocycles. The summed E-state index contributed by atoms with van der Waals surface area (Å²) in [5.74, 6) is -0.0732. The molecule has 1 aliphatic rings. The smallest absolute Gasteiger partial charge is 0.238 e. The highest BCUT2D eigenvalue weighted by Crippen LogP contribution is 2.28. The lowest BCUT2D eigenvalue weighted by Crippen LogP contribution is -2.41. The number of carbonyl (C=O) groups excluding carboxylic acids is 1. The van der Waals surface area contributed by atoms with Gasteiger partial charge in [0.1, 0.15) is 0 Å². The molecule has 1 fully saturated rings. The van der Waals surface area contributed by atoms with Gasteiger partial charge in [0, 0.05) is 12.2 Å². The number of amides is 1. The van der Waals surface area contributed by atoms with Crippen molar-refractivity contribution in [2.24, 2.45) is 0 Å². The first-order chi connectivity index (χ1) is 9.09. The second-order valence-electron chi connectivity index (χ2n) is 5.40. The van der Waals surface area contributed by atoms with E-state index in [0.29, 0.717) is 6.54 Å². The number of anilines is 1. The lowest BCUT2D eigenvalue weighted by atomic mass is 10.0. The minimum atomic E-state index is -0.608. The number of hydrogen-bond donors (Lipinski definition) is 3. The molecule has 4 nitrogen and oxygen atoms in total. The highest BCUT2D eigenvalue weighted by atomic mass is 16.3. The van der Waals surface area contributed by atoms with Crippen LogP contribution in [0.4, 0.5) is 5.69 Å². The van der Waals surface area contributed by atoms with Crippen LogP contribution in [0.15, 0.2) is 24.3 Å². The second kappa shape index (κ2) is 6.17. The summed E-state index contributed by atoms with van der Waals surface area (Å²) >= 11 is 0. The Kier molecular flexibility index (Phi) is 4.56. The third kappa shape index (κ3) is 4.04. The van der Waals surface area contributed by atoms with Gasteiger partial charge in [0.05, 0.1) is 12.1 Å². The van der Waals surface area contributed by atoms with E-state index in [2.05, 4.69) is 10.6 Å². The SMILES string of the molecule is Cc1ccccc1NC(=O)CNCC1(O)CCCC1. The van der Waals surface area contributed by atoms with E-state index in [1.165, 1.54) is 0 Å². The van der Waals surface area contributed by atoms with Crippen molar-refractivity contribution in [3.8, 4) is 0 Å². The van der Waals surface area contributed by atoms with Crippen LogP contribution in [0.2, 0.25) is 0 Å². The van der Waals surface area contributed by atoms with E-state index >= 15 is 0 Å². The summed E-state index contributed by atoms with van der Waals surface area (Å²) in [7, 11) is 0. The Morgan fingerprint density at radius 2 is 2.00 bits per heavy atom. The average Bonchev–Trinajstić information content (AvgIpc) is 2.79. The van der Waals surface area contributed by atoms with Crippen molar-refractivity contribution in [2.75, 3.05) is 18.4 Å². The Labute approximate surface area is 114 Å². The summed E-state index contributed by atoms with van der Waals surface area (Å²) in [4.78, 5) is 11.8. The summed E-state index contributed by atoms with van der Waals surface area (Å²) in [5, 5.41) is 16.1. The van der Waals surface area contributed by atoms with Crippen molar-refractivity contribution in [3.63, 3.8) is 0 Å². The number of aliphatic hydroxyl groups is 1. The molecule has 0 spiro atoms. The van der Waals surface area contributed by atoms with Crippen LogP contribution in [0.5, 0.6) is 0 Å². The fourth-order valence-corrected chi connectivity index (χ4v) is 2.53. The zero-order valence-electron chi connectivity index (χ0n) is 11.4. The van der Waals surface area contributed by atoms with Crippen LogP contribution in [-0.4, -0.2) is 29.7 Å². The monoisotopic (exact) mass is 262 g/mol. The largest absolute Gasteiger partial charge is 0.389 e. The average molecular weight is 262 g/mol. The van der Waals surface area contributed by atoms with Gasteiger partial charge in [-0.3, -0.25) is 4.79 Å². The molecule has 0 saturated heterocycles. The lowest BCUT2D eigenvalue weighted by molar-refractivity contribution is -0.115. The summed E-state index contributed by atoms with van der Waals surface area (Å²) in [5.41, 5.74) is 1.28. The van der Waals surface area contributed by atoms with Gasteiger partial charge in [-0.2, -0.15) is 0 Å². The van der Waals surface area contributed by atoms with Crippen LogP contribution >= 0.6 is 0 Å². The fourth-order valence-electron chi connectivity index (χ4n) is 2.53. The standard InChI is InChI=1S/C15H22N2O2/c1-12-6-2-3-7-13(12)17-14(18)10-16-11-15(19)8-4-5-9-15/h2-3,6-7,16,19H,4-5,8-11H2,1H3,(H,17,18). The number of para-hydroxylation sites is 1. The molecule has 0 bridgehead atoms. The molecule has 0 aromatic heterocycles. The normalized spacial score (nSPS) is 17.4. The number of rotatable bonds is 5. The number of benzene rings is 1. The number of nitrogens with one attached hydrogen (secondary N) is 2. The highest BCUT2D eigenvalue weighted by Gasteiger charge is 2.30. The third-order valence-corrected chi connectivity index (χ3v) is 3.69. The van der Waals surface area contributed by atoms with Gasteiger partial charge in [0.2, 0.25) is 5.91 Å². The van der Waals surface area contributed by atoms with Gasteiger partial charge in [-0.25, -0.2) is 0 Å². The van der Waals surface area contributed by atoms with E-state index in [-0.39, 0.29) is 12.5 Å². The van der Waals surface area contributed by atoms with Crippen LogP contribution in [0, 0.1) is 6.92 Å². The van der Waals surface area contributed by atoms with Crippen molar-refractivity contribution in [1.29, 1.82) is 0 Å². The minimum absolute atomic E-state index is 0.0732. The molecule has 19 heavy (non-hydrogen) atoms. The van der Waals surface area contributed by atoms with Gasteiger partial charge in [0.15, 0.2) is 0 Å². The van der Waals surface area contributed by atoms with E-state index in [1.54, 1.807) is 0 Å². The lowest BCUT2D eigenvalue weighted by Gasteiger charge is -2.22. The summed E-state index contributed by atoms with van der Waals surface area (Å²) in [6.45, 7) is 2.69. The maximum Gasteiger partial charge on any atom is 0.238 e. The van der Waals surface area contributed by atoms with Gasteiger partial charge in [-0.15, -0.1) is 0 Å². The van der Waals surface area contributed by atoms with Crippen molar-refractivity contribution in [2.45, 2.75) is 38.2 Å². The predicted molar refractivity (Wildman–Crippen MR) is 76.1 cm³/mol. The first-order valence-electron chi connectivity index (χ1n) is 6.88. The molecule has 2 rings (SSSR count). The summed E-state index contributed by atoms with van der Waals surface area (Å²) in [6, 6.07) is 7.69. The number of carbonyl (C=O) groups is 1. The number of aryl methyl sites for hydroxylation is 1. The Bertz CT molecular complexity index is 440. The molecule has 1 aliphatic carbocycles. The molecular formula is C15H22N2O2. The summed E-state index contributed by atoms with van der Waals surface area (Å²) < 4.78 is 0. The minimum Gasteiger partial charge on any atom is -0.389 e. The maximum absolute atomic E-state index is 11.8. The van der Waals surface area contributed by atoms with Gasteiger partial charge in [0.25, 0.3) is 0 Å². The van der Waals surface area contributed by atoms with Crippen LogP contribution < -0.4 is 10.6 Å². The number of hydrogen-bond acceptors (Lipinski definition) is 3. The first kappa shape index (κ1) is 14.0. The fraction of sp³-hybridized carbons (Fsp3) is 0.533. The summed E-state index contributed by atoms with van der Waals surface area (Å²) in [6.07, 6.45) is 3.82. The molecule has 1 amide bonds. The van der Waals surface area contributed by atoms with Crippen molar-refractivity contribution in [3.05, 3.63) is 29.8 Å². The molecule has 4 heteroatoms. The molecule has 0 unspecified atom stereocenters. The Morgan fingerprint density at radius 1 is 1.32 bits per heavy atom. The van der Waals surface area contributed by atoms with Crippen LogP contribution in [0.3, 0.4) is 0 Å². The third-order valence-electron chi connectivity index (χ3n) is 3.69. The van der Waals surface area contributed by atoms with Gasteiger partial charge in [-0.1, -0.05) is 31.0 Å². The van der Waals surface area contributed by atoms with E-state index < -0.39 is 5.60 Å². The topological polar surface area (TPSA) is 61.4 Å². The predicted octanol–water partition coefficient (Wildman–Crippen LogP) is 1.83. The van der Waals surface area contributed by atoms with Crippen LogP contribution in [-0.2, 0) is 4.79 Å². The molecule has 1 aromatic rings. The van der Waals surface area contributed by atoms with Gasteiger partial charge >= 0.3 is 0 Å². The molecular weight excluding hydrogens is 240 g/mol. The Morgan fingerprint density at radius 3 is 2.68 bits per heavy atom. The van der Waals surface area contributed by atoms with E-state index in [1.807, 2.05) is 31.2 Å². The van der Waals surface area contributed by atoms with Crippen LogP contribution in [0.1, 0.15) is 31.2 Å². The highest BCUT2D eigenvalue weighted by molar-refractivity contribution is 5.92. The molecule has 0 atom stereocenters. The molecule has 0 radical (unpaired) electrons. The van der Waals surface area contributed by atoms with Gasteiger partial charge in [-0.05, 0) is 31.4 Å². The van der Waals surface area contributed by atoms with Crippen molar-refractivity contribution < 1.29 is 9.90 Å².